The molecule has 0 saturated carbocycles. The van der Waals surface area contributed by atoms with Crippen LogP contribution in [0.4, 0.5) is 0 Å². The van der Waals surface area contributed by atoms with Crippen LogP contribution in [0, 0.1) is 17.8 Å². The van der Waals surface area contributed by atoms with E-state index in [0.29, 0.717) is 18.5 Å². The Hall–Kier alpha value is -2.38. The van der Waals surface area contributed by atoms with Crippen molar-refractivity contribution < 1.29 is 68.3 Å². The second-order valence-electron chi connectivity index (χ2n) is 27.4. The van der Waals surface area contributed by atoms with Gasteiger partial charge in [0, 0.05) is 38.5 Å². The molecular weight excluding hydrogens is 1140 g/mol. The zero-order valence-corrected chi connectivity index (χ0v) is 56.3. The molecule has 0 spiro atoms. The van der Waals surface area contributed by atoms with Gasteiger partial charge in [0.2, 0.25) is 5.91 Å². The Balaban J connectivity index is 1.10. The molecule has 0 aromatic heterocycles. The molecule has 18 atom stereocenters. The number of hydrogen-bond donors (Lipinski definition) is 5. The number of unbranched alkanes of at least 4 members (excludes halogenated alkanes) is 10. The van der Waals surface area contributed by atoms with E-state index >= 15 is 0 Å². The van der Waals surface area contributed by atoms with E-state index < -0.39 is 108 Å². The number of cyclic esters (lactones) is 1. The van der Waals surface area contributed by atoms with Crippen LogP contribution in [-0.4, -0.2) is 190 Å². The quantitative estimate of drug-likeness (QED) is 0.0377. The van der Waals surface area contributed by atoms with E-state index in [1.165, 1.54) is 43.9 Å². The Labute approximate surface area is 521 Å². The maximum Gasteiger partial charge on any atom is 0.126 e. The number of methoxy groups -OCH3 is 1. The second kappa shape index (κ2) is 32.3. The van der Waals surface area contributed by atoms with Gasteiger partial charge in [-0.3, -0.25) is 9.59 Å². The minimum Gasteiger partial charge on any atom is -0.388 e. The summed E-state index contributed by atoms with van der Waals surface area (Å²) < 4.78 is 44.2. The summed E-state index contributed by atoms with van der Waals surface area (Å²) in [6.45, 7) is 19.0. The summed E-state index contributed by atoms with van der Waals surface area (Å²) in [5, 5.41) is 63.1. The summed E-state index contributed by atoms with van der Waals surface area (Å²) in [7, 11) is 5.27. The fourth-order valence-electron chi connectivity index (χ4n) is 15.0. The third kappa shape index (κ3) is 17.4. The number of aliphatic hydroxyl groups is 5. The molecular formula is C68H114ClN2O14P. The fraction of sp³-hybridized carbons (Fsp3) is 0.794. The Kier molecular flexibility index (Phi) is 27.3. The van der Waals surface area contributed by atoms with Crippen molar-refractivity contribution >= 4 is 39.7 Å². The topological polar surface area (TPSA) is 206 Å². The van der Waals surface area contributed by atoms with E-state index in [4.69, 9.17) is 44.4 Å². The molecule has 492 valence electrons. The van der Waals surface area contributed by atoms with Gasteiger partial charge in [0.05, 0.1) is 47.6 Å². The Morgan fingerprint density at radius 3 is 1.85 bits per heavy atom. The molecule has 0 radical (unpaired) electrons. The van der Waals surface area contributed by atoms with Gasteiger partial charge in [-0.15, -0.1) is 0 Å². The number of rotatable bonds is 24. The fourth-order valence-corrected chi connectivity index (χ4v) is 22.4. The van der Waals surface area contributed by atoms with E-state index in [1.54, 1.807) is 53.4 Å². The molecule has 18 heteroatoms. The van der Waals surface area contributed by atoms with Gasteiger partial charge in [0.15, 0.2) is 12.6 Å². The minimum absolute atomic E-state index is 0.0729. The first-order chi connectivity index (χ1) is 40.6. The van der Waals surface area contributed by atoms with Gasteiger partial charge >= 0.3 is 208 Å². The number of halogens is 1. The molecule has 4 aliphatic heterocycles. The van der Waals surface area contributed by atoms with Crippen LogP contribution in [0.3, 0.4) is 0 Å². The van der Waals surface area contributed by atoms with E-state index in [-0.39, 0.29) is 50.3 Å². The predicted molar refractivity (Wildman–Crippen MR) is 342 cm³/mol. The van der Waals surface area contributed by atoms with Crippen molar-refractivity contribution in [3.63, 3.8) is 0 Å². The van der Waals surface area contributed by atoms with Gasteiger partial charge in [-0.2, -0.15) is 0 Å². The molecule has 2 aromatic rings. The third-order valence-corrected chi connectivity index (χ3v) is 28.9. The van der Waals surface area contributed by atoms with Crippen molar-refractivity contribution in [3.05, 3.63) is 60.7 Å². The van der Waals surface area contributed by atoms with Crippen LogP contribution in [-0.2, 0) is 42.7 Å². The SMILES string of the molecule is CC[C@H]1OC(=O)[C@@H](C)[C@@H](O[C@H]2C[C@@](C)(OC)[C@@H](O)[C@H](C)O2)[C@H](C)[C@@H](O[C@@H]2O[C@H](C)C[C@H](N(C)C)[C@H]2O)[C@](C)(O)C[C@@H](C)CN(C(=O)CCCCCCCCCCCCCP(Cl)(c2ccccc2)(c2ccccc2)C2CCOCC2)[C@H](C)[C@@H](O)[C@]1(C)O. The van der Waals surface area contributed by atoms with Gasteiger partial charge in [-0.25, -0.2) is 0 Å². The summed E-state index contributed by atoms with van der Waals surface area (Å²) in [6, 6.07) is 20.6. The number of aliphatic hydroxyl groups excluding tert-OH is 3. The van der Waals surface area contributed by atoms with E-state index in [1.807, 2.05) is 32.8 Å². The molecule has 4 fully saturated rings. The smallest absolute Gasteiger partial charge is 0.126 e. The van der Waals surface area contributed by atoms with Crippen LogP contribution in [0.2, 0.25) is 0 Å². The normalized spacial score (nSPS) is 36.4. The van der Waals surface area contributed by atoms with Crippen molar-refractivity contribution in [2.45, 2.75) is 281 Å². The molecule has 16 nitrogen and oxygen atoms in total. The van der Waals surface area contributed by atoms with Crippen LogP contribution in [0.15, 0.2) is 60.7 Å². The largest absolute Gasteiger partial charge is 0.388 e. The molecule has 1 amide bonds. The van der Waals surface area contributed by atoms with Crippen LogP contribution >= 0.6 is 17.2 Å². The number of ether oxygens (including phenoxy) is 7. The van der Waals surface area contributed by atoms with Crippen molar-refractivity contribution in [3.8, 4) is 0 Å². The molecule has 0 unspecified atom stereocenters. The molecule has 2 aromatic carbocycles. The average molecular weight is 1250 g/mol. The Bertz CT molecular complexity index is 2310. The van der Waals surface area contributed by atoms with Crippen molar-refractivity contribution in [2.24, 2.45) is 17.8 Å². The van der Waals surface area contributed by atoms with E-state index in [9.17, 15) is 35.1 Å². The molecule has 6 rings (SSSR count). The van der Waals surface area contributed by atoms with Gasteiger partial charge < -0.3 is 63.8 Å². The zero-order valence-electron chi connectivity index (χ0n) is 54.7. The maximum atomic E-state index is 14.7. The zero-order chi connectivity index (χ0) is 63.2. The average Bonchev–Trinajstić information content (AvgIpc) is 0.966. The first kappa shape index (κ1) is 72.7. The number of amides is 1. The summed E-state index contributed by atoms with van der Waals surface area (Å²) in [5.41, 5.74) is -4.41. The number of carbonyl (C=O) groups excluding carboxylic acids is 2. The van der Waals surface area contributed by atoms with Gasteiger partial charge in [0.25, 0.3) is 0 Å². The van der Waals surface area contributed by atoms with Crippen LogP contribution in [0.25, 0.3) is 0 Å². The third-order valence-electron chi connectivity index (χ3n) is 20.3. The van der Waals surface area contributed by atoms with Gasteiger partial charge in [-0.05, 0) is 87.7 Å². The standard InChI is InChI=1S/C68H114ClN2O14P/c1-14-56-68(10,78)61(74)50(6)71(57(72)36-30-22-20-18-16-15-17-19-21-23-31-41-86(69,52-32-26-24-27-33-52,53-34-28-25-29-35-53)54-37-39-80-40-38-54)45-46(2)43-66(8,77)63(85-65-59(73)55(70(11)12)42-47(3)81-65)48(4)60(49(5)64(76)83-56)84-58-44-67(9,79-13)62(75)51(7)82-58/h24-29,32-35,46-51,54-56,58-63,65,73-75,77-78H,14-23,30-31,36-45H2,1-13H3/t46-,47-,48+,49+,50-,51+,55+,56-,58+,59-,60+,61-,62+,63-,65+,66-,67-,68-/m1/s1. The van der Waals surface area contributed by atoms with E-state index in [2.05, 4.69) is 60.7 Å². The molecule has 4 heterocycles. The summed E-state index contributed by atoms with van der Waals surface area (Å²) in [4.78, 5) is 32.9. The molecule has 86 heavy (non-hydrogen) atoms. The number of benzene rings is 2. The number of carbonyl (C=O) groups is 2. The van der Waals surface area contributed by atoms with E-state index in [0.717, 1.165) is 77.2 Å². The van der Waals surface area contributed by atoms with Gasteiger partial charge in [0.1, 0.15) is 30.0 Å². The molecule has 0 aliphatic carbocycles. The monoisotopic (exact) mass is 1250 g/mol. The number of likely N-dealkylation sites (N-methyl/N-ethyl adjacent to an activating group) is 1. The minimum atomic E-state index is -3.06. The van der Waals surface area contributed by atoms with Crippen molar-refractivity contribution in [1.29, 1.82) is 0 Å². The Morgan fingerprint density at radius 2 is 1.31 bits per heavy atom. The molecule has 4 saturated heterocycles. The van der Waals surface area contributed by atoms with Crippen molar-refractivity contribution in [2.75, 3.05) is 47.1 Å². The van der Waals surface area contributed by atoms with Crippen LogP contribution < -0.4 is 10.6 Å². The first-order valence-corrected chi connectivity index (χ1v) is 36.3. The number of nitrogens with zero attached hydrogens (tertiary/aromatic N) is 2. The molecule has 0 bridgehead atoms. The summed E-state index contributed by atoms with van der Waals surface area (Å²) in [6.07, 6.45) is 5.37. The van der Waals surface area contributed by atoms with Crippen LogP contribution in [0.1, 0.15) is 185 Å². The predicted octanol–water partition coefficient (Wildman–Crippen LogP) is 10.0. The summed E-state index contributed by atoms with van der Waals surface area (Å²) >= 11 is 8.40. The number of hydrogen-bond acceptors (Lipinski definition) is 15. The van der Waals surface area contributed by atoms with Crippen molar-refractivity contribution in [1.82, 2.24) is 9.80 Å². The molecule has 5 N–H and O–H groups in total. The van der Waals surface area contributed by atoms with Crippen LogP contribution in [0.5, 0.6) is 0 Å². The van der Waals surface area contributed by atoms with Gasteiger partial charge in [-0.1, -0.05) is 20.8 Å². The second-order valence-corrected chi connectivity index (χ2v) is 34.4. The maximum absolute atomic E-state index is 14.7. The summed E-state index contributed by atoms with van der Waals surface area (Å²) in [5.74, 6) is -6.33. The molecule has 4 aliphatic rings. The first-order valence-electron chi connectivity index (χ1n) is 32.9. The Morgan fingerprint density at radius 1 is 0.767 bits per heavy atom. The number of esters is 1.